The topological polar surface area (TPSA) is 59.7 Å². The van der Waals surface area contributed by atoms with Gasteiger partial charge in [0.05, 0.1) is 13.7 Å². The summed E-state index contributed by atoms with van der Waals surface area (Å²) in [4.78, 5) is 11.3. The van der Waals surface area contributed by atoms with Gasteiger partial charge in [0.1, 0.15) is 17.1 Å². The Morgan fingerprint density at radius 3 is 2.67 bits per heavy atom. The Bertz CT molecular complexity index is 363. The first-order valence-corrected chi connectivity index (χ1v) is 4.72. The number of hydrogen-bond donors (Lipinski definition) is 1. The minimum Gasteiger partial charge on any atom is -0.465 e. The van der Waals surface area contributed by atoms with E-state index in [2.05, 4.69) is 4.74 Å². The minimum absolute atomic E-state index is 0.0411. The predicted octanol–water partition coefficient (Wildman–Crippen LogP) is 1.64. The van der Waals surface area contributed by atoms with Gasteiger partial charge in [0, 0.05) is 5.41 Å². The maximum atomic E-state index is 11.3. The maximum absolute atomic E-state index is 11.3. The summed E-state index contributed by atoms with van der Waals surface area (Å²) in [5.41, 5.74) is -0.0779. The Labute approximate surface area is 88.8 Å². The highest BCUT2D eigenvalue weighted by Gasteiger charge is 2.26. The van der Waals surface area contributed by atoms with Gasteiger partial charge in [-0.1, -0.05) is 13.8 Å². The number of carbonyl (C=O) groups is 1. The van der Waals surface area contributed by atoms with Gasteiger partial charge >= 0.3 is 5.97 Å². The smallest absolute Gasteiger partial charge is 0.341 e. The van der Waals surface area contributed by atoms with Crippen LogP contribution in [-0.4, -0.2) is 24.8 Å². The van der Waals surface area contributed by atoms with Crippen LogP contribution in [0.25, 0.3) is 0 Å². The Morgan fingerprint density at radius 2 is 2.20 bits per heavy atom. The summed E-state index contributed by atoms with van der Waals surface area (Å²) in [7, 11) is 1.33. The molecule has 4 heteroatoms. The molecule has 1 heterocycles. The van der Waals surface area contributed by atoms with Gasteiger partial charge in [-0.05, 0) is 13.0 Å². The van der Waals surface area contributed by atoms with Crippen molar-refractivity contribution >= 4 is 5.97 Å². The van der Waals surface area contributed by atoms with Crippen LogP contribution in [0.4, 0.5) is 0 Å². The van der Waals surface area contributed by atoms with E-state index in [9.17, 15) is 4.79 Å². The largest absolute Gasteiger partial charge is 0.465 e. The van der Waals surface area contributed by atoms with Crippen molar-refractivity contribution in [2.75, 3.05) is 13.7 Å². The molecular formula is C11H16O4. The zero-order chi connectivity index (χ0) is 11.6. The first-order valence-electron chi connectivity index (χ1n) is 4.72. The van der Waals surface area contributed by atoms with E-state index in [1.165, 1.54) is 7.11 Å². The second-order valence-corrected chi connectivity index (χ2v) is 4.11. The number of carbonyl (C=O) groups excluding carboxylic acids is 1. The van der Waals surface area contributed by atoms with Gasteiger partial charge in [-0.25, -0.2) is 4.79 Å². The molecule has 0 bridgehead atoms. The van der Waals surface area contributed by atoms with Crippen molar-refractivity contribution in [3.05, 3.63) is 23.2 Å². The third-order valence-electron chi connectivity index (χ3n) is 2.39. The number of rotatable bonds is 3. The highest BCUT2D eigenvalue weighted by atomic mass is 16.5. The Morgan fingerprint density at radius 1 is 1.60 bits per heavy atom. The third kappa shape index (κ3) is 2.21. The van der Waals surface area contributed by atoms with E-state index in [4.69, 9.17) is 9.52 Å². The molecule has 1 N–H and O–H groups in total. The van der Waals surface area contributed by atoms with Crippen LogP contribution in [0.3, 0.4) is 0 Å². The summed E-state index contributed by atoms with van der Waals surface area (Å²) >= 11 is 0. The van der Waals surface area contributed by atoms with Crippen LogP contribution in [0, 0.1) is 6.92 Å². The lowest BCUT2D eigenvalue weighted by Gasteiger charge is -2.17. The SMILES string of the molecule is COC(=O)c1cc(C(C)(C)CO)oc1C. The van der Waals surface area contributed by atoms with E-state index in [0.29, 0.717) is 17.1 Å². The van der Waals surface area contributed by atoms with Crippen molar-refractivity contribution in [3.8, 4) is 0 Å². The standard InChI is InChI=1S/C11H16O4/c1-7-8(10(13)14-4)5-9(15-7)11(2,3)6-12/h5,12H,6H2,1-4H3. The number of methoxy groups -OCH3 is 1. The number of esters is 1. The summed E-state index contributed by atoms with van der Waals surface area (Å²) in [5, 5.41) is 9.17. The highest BCUT2D eigenvalue weighted by molar-refractivity contribution is 5.90. The third-order valence-corrected chi connectivity index (χ3v) is 2.39. The molecule has 0 aliphatic rings. The van der Waals surface area contributed by atoms with Crippen molar-refractivity contribution in [2.24, 2.45) is 0 Å². The van der Waals surface area contributed by atoms with Gasteiger partial charge < -0.3 is 14.3 Å². The molecule has 1 rings (SSSR count). The summed E-state index contributed by atoms with van der Waals surface area (Å²) in [5.74, 6) is 0.678. The fourth-order valence-electron chi connectivity index (χ4n) is 1.21. The van der Waals surface area contributed by atoms with Crippen molar-refractivity contribution in [3.63, 3.8) is 0 Å². The second kappa shape index (κ2) is 4.06. The number of aliphatic hydroxyl groups is 1. The van der Waals surface area contributed by atoms with Gasteiger partial charge in [0.15, 0.2) is 0 Å². The number of ether oxygens (including phenoxy) is 1. The summed E-state index contributed by atoms with van der Waals surface area (Å²) < 4.78 is 10.0. The summed E-state index contributed by atoms with van der Waals surface area (Å²) in [6.45, 7) is 5.34. The first kappa shape index (κ1) is 11.8. The fourth-order valence-corrected chi connectivity index (χ4v) is 1.21. The molecule has 4 nitrogen and oxygen atoms in total. The molecule has 0 radical (unpaired) electrons. The monoisotopic (exact) mass is 212 g/mol. The summed E-state index contributed by atoms with van der Waals surface area (Å²) in [6, 6.07) is 1.62. The highest BCUT2D eigenvalue weighted by Crippen LogP contribution is 2.27. The maximum Gasteiger partial charge on any atom is 0.341 e. The zero-order valence-corrected chi connectivity index (χ0v) is 9.46. The molecule has 0 spiro atoms. The Kier molecular flexibility index (Phi) is 3.19. The van der Waals surface area contributed by atoms with Crippen molar-refractivity contribution < 1.29 is 19.1 Å². The lowest BCUT2D eigenvalue weighted by molar-refractivity contribution is 0.0599. The Balaban J connectivity index is 3.11. The minimum atomic E-state index is -0.489. The number of aliphatic hydroxyl groups excluding tert-OH is 1. The van der Waals surface area contributed by atoms with Crippen LogP contribution in [0.15, 0.2) is 10.5 Å². The van der Waals surface area contributed by atoms with E-state index >= 15 is 0 Å². The molecule has 0 aliphatic carbocycles. The van der Waals surface area contributed by atoms with Crippen molar-refractivity contribution in [1.82, 2.24) is 0 Å². The van der Waals surface area contributed by atoms with E-state index in [-0.39, 0.29) is 6.61 Å². The quantitative estimate of drug-likeness (QED) is 0.774. The van der Waals surface area contributed by atoms with Crippen molar-refractivity contribution in [2.45, 2.75) is 26.2 Å². The van der Waals surface area contributed by atoms with Crippen LogP contribution in [-0.2, 0) is 10.2 Å². The number of hydrogen-bond acceptors (Lipinski definition) is 4. The first-order chi connectivity index (χ1) is 6.92. The zero-order valence-electron chi connectivity index (χ0n) is 9.46. The molecule has 1 aromatic heterocycles. The molecule has 0 saturated heterocycles. The summed E-state index contributed by atoms with van der Waals surface area (Å²) in [6.07, 6.45) is 0. The fraction of sp³-hybridized carbons (Fsp3) is 0.545. The van der Waals surface area contributed by atoms with Crippen LogP contribution in [0.2, 0.25) is 0 Å². The van der Waals surface area contributed by atoms with Gasteiger partial charge in [-0.2, -0.15) is 0 Å². The van der Waals surface area contributed by atoms with Crippen LogP contribution < -0.4 is 0 Å². The molecule has 0 aromatic carbocycles. The van der Waals surface area contributed by atoms with Gasteiger partial charge in [0.2, 0.25) is 0 Å². The van der Waals surface area contributed by atoms with Gasteiger partial charge in [-0.3, -0.25) is 0 Å². The Hall–Kier alpha value is -1.29. The average molecular weight is 212 g/mol. The van der Waals surface area contributed by atoms with Crippen LogP contribution in [0.5, 0.6) is 0 Å². The molecule has 0 fully saturated rings. The second-order valence-electron chi connectivity index (χ2n) is 4.11. The van der Waals surface area contributed by atoms with Crippen LogP contribution >= 0.6 is 0 Å². The molecule has 15 heavy (non-hydrogen) atoms. The lowest BCUT2D eigenvalue weighted by atomic mass is 9.91. The molecular weight excluding hydrogens is 196 g/mol. The molecule has 0 saturated carbocycles. The number of aryl methyl sites for hydroxylation is 1. The molecule has 0 aliphatic heterocycles. The van der Waals surface area contributed by atoms with E-state index in [0.717, 1.165) is 0 Å². The van der Waals surface area contributed by atoms with Crippen LogP contribution in [0.1, 0.15) is 35.7 Å². The normalized spacial score (nSPS) is 11.5. The lowest BCUT2D eigenvalue weighted by Crippen LogP contribution is -2.21. The average Bonchev–Trinajstić information content (AvgIpc) is 2.60. The van der Waals surface area contributed by atoms with E-state index in [1.807, 2.05) is 13.8 Å². The van der Waals surface area contributed by atoms with Gasteiger partial charge in [-0.15, -0.1) is 0 Å². The van der Waals surface area contributed by atoms with Crippen molar-refractivity contribution in [1.29, 1.82) is 0 Å². The van der Waals surface area contributed by atoms with Gasteiger partial charge in [0.25, 0.3) is 0 Å². The number of furan rings is 1. The molecule has 0 atom stereocenters. The molecule has 0 amide bonds. The molecule has 1 aromatic rings. The van der Waals surface area contributed by atoms with E-state index in [1.54, 1.807) is 13.0 Å². The molecule has 84 valence electrons. The predicted molar refractivity (Wildman–Crippen MR) is 54.9 cm³/mol. The van der Waals surface area contributed by atoms with E-state index < -0.39 is 11.4 Å². The molecule has 0 unspecified atom stereocenters.